The first-order valence-corrected chi connectivity index (χ1v) is 8.82. The second-order valence-corrected chi connectivity index (χ2v) is 6.46. The van der Waals surface area contributed by atoms with E-state index in [9.17, 15) is 18.0 Å². The van der Waals surface area contributed by atoms with E-state index in [1.807, 2.05) is 4.90 Å². The number of carbonyl (C=O) groups excluding carboxylic acids is 1. The number of piperazine rings is 1. The molecular formula is C18H26F3N3O4. The van der Waals surface area contributed by atoms with Crippen LogP contribution in [0.15, 0.2) is 12.1 Å². The molecule has 1 aromatic carbocycles. The molecule has 0 saturated carbocycles. The van der Waals surface area contributed by atoms with Crippen LogP contribution in [0.2, 0.25) is 0 Å². The Hall–Kier alpha value is -2.20. The van der Waals surface area contributed by atoms with Crippen molar-refractivity contribution in [3.05, 3.63) is 17.7 Å². The number of methoxy groups -OCH3 is 3. The van der Waals surface area contributed by atoms with E-state index in [2.05, 4.69) is 5.32 Å². The van der Waals surface area contributed by atoms with Gasteiger partial charge in [-0.2, -0.15) is 13.2 Å². The van der Waals surface area contributed by atoms with E-state index in [4.69, 9.17) is 14.2 Å². The number of nitrogens with zero attached hydrogens (tertiary/aromatic N) is 2. The third-order valence-electron chi connectivity index (χ3n) is 4.50. The van der Waals surface area contributed by atoms with Crippen LogP contribution in [0.5, 0.6) is 17.2 Å². The second-order valence-electron chi connectivity index (χ2n) is 6.46. The van der Waals surface area contributed by atoms with Gasteiger partial charge in [-0.1, -0.05) is 0 Å². The normalized spacial score (nSPS) is 15.9. The van der Waals surface area contributed by atoms with Crippen molar-refractivity contribution in [3.63, 3.8) is 0 Å². The molecule has 1 heterocycles. The molecule has 0 atom stereocenters. The lowest BCUT2D eigenvalue weighted by atomic mass is 10.1. The molecule has 0 unspecified atom stereocenters. The lowest BCUT2D eigenvalue weighted by Gasteiger charge is -2.34. The molecule has 2 rings (SSSR count). The number of ether oxygens (including phenoxy) is 3. The second kappa shape index (κ2) is 9.83. The summed E-state index contributed by atoms with van der Waals surface area (Å²) in [5, 5.41) is 2.81. The van der Waals surface area contributed by atoms with Gasteiger partial charge in [0.2, 0.25) is 5.91 Å². The van der Waals surface area contributed by atoms with Gasteiger partial charge in [0.05, 0.1) is 34.4 Å². The average molecular weight is 405 g/mol. The molecule has 0 aliphatic carbocycles. The lowest BCUT2D eigenvalue weighted by molar-refractivity contribution is -0.150. The van der Waals surface area contributed by atoms with E-state index in [1.54, 1.807) is 12.1 Å². The highest BCUT2D eigenvalue weighted by Gasteiger charge is 2.32. The summed E-state index contributed by atoms with van der Waals surface area (Å²) in [6, 6.07) is 3.41. The number of amides is 1. The summed E-state index contributed by atoms with van der Waals surface area (Å²) in [4.78, 5) is 15.4. The van der Waals surface area contributed by atoms with Crippen LogP contribution in [0.25, 0.3) is 0 Å². The minimum Gasteiger partial charge on any atom is -0.496 e. The van der Waals surface area contributed by atoms with Gasteiger partial charge in [-0.15, -0.1) is 0 Å². The maximum absolute atomic E-state index is 12.4. The van der Waals surface area contributed by atoms with Gasteiger partial charge in [0, 0.05) is 44.4 Å². The zero-order chi connectivity index (χ0) is 20.7. The van der Waals surface area contributed by atoms with Gasteiger partial charge in [-0.25, -0.2) is 0 Å². The summed E-state index contributed by atoms with van der Waals surface area (Å²) in [6.07, 6.45) is -4.20. The highest BCUT2D eigenvalue weighted by Crippen LogP contribution is 2.34. The summed E-state index contributed by atoms with van der Waals surface area (Å²) in [7, 11) is 4.56. The molecule has 1 aliphatic heterocycles. The molecular weight excluding hydrogens is 379 g/mol. The molecule has 0 radical (unpaired) electrons. The zero-order valence-corrected chi connectivity index (χ0v) is 16.3. The minimum atomic E-state index is -4.20. The first-order valence-electron chi connectivity index (χ1n) is 8.82. The minimum absolute atomic E-state index is 0.134. The quantitative estimate of drug-likeness (QED) is 0.708. The molecule has 1 saturated heterocycles. The van der Waals surface area contributed by atoms with Crippen molar-refractivity contribution in [3.8, 4) is 17.2 Å². The molecule has 0 bridgehead atoms. The Balaban J connectivity index is 1.85. The number of nitrogens with one attached hydrogen (secondary N) is 1. The summed E-state index contributed by atoms with van der Waals surface area (Å²) >= 11 is 0. The SMILES string of the molecule is COc1cc(OC)c(OC)cc1CNC(=O)CN1CCN(CC(F)(F)F)CC1. The van der Waals surface area contributed by atoms with Gasteiger partial charge in [-0.3, -0.25) is 14.6 Å². The largest absolute Gasteiger partial charge is 0.496 e. The number of rotatable bonds is 8. The Morgan fingerprint density at radius 1 is 0.964 bits per heavy atom. The zero-order valence-electron chi connectivity index (χ0n) is 16.3. The van der Waals surface area contributed by atoms with E-state index in [0.29, 0.717) is 30.3 Å². The van der Waals surface area contributed by atoms with Crippen LogP contribution in [-0.4, -0.2) is 82.5 Å². The predicted octanol–water partition coefficient (Wildman–Crippen LogP) is 1.51. The van der Waals surface area contributed by atoms with Gasteiger partial charge in [0.25, 0.3) is 0 Å². The first-order chi connectivity index (χ1) is 13.3. The summed E-state index contributed by atoms with van der Waals surface area (Å²) in [6.45, 7) is 0.872. The highest BCUT2D eigenvalue weighted by molar-refractivity contribution is 5.78. The molecule has 158 valence electrons. The maximum atomic E-state index is 12.4. The van der Waals surface area contributed by atoms with E-state index >= 15 is 0 Å². The standard InChI is InChI=1S/C18H26F3N3O4/c1-26-14-9-16(28-3)15(27-2)8-13(14)10-22-17(25)11-23-4-6-24(7-5-23)12-18(19,20)21/h8-9H,4-7,10-12H2,1-3H3,(H,22,25). The van der Waals surface area contributed by atoms with E-state index in [-0.39, 0.29) is 32.1 Å². The molecule has 1 amide bonds. The Labute approximate surface area is 162 Å². The topological polar surface area (TPSA) is 63.3 Å². The molecule has 1 aromatic rings. The maximum Gasteiger partial charge on any atom is 0.401 e. The van der Waals surface area contributed by atoms with Crippen molar-refractivity contribution in [2.24, 2.45) is 0 Å². The average Bonchev–Trinajstić information content (AvgIpc) is 2.66. The van der Waals surface area contributed by atoms with E-state index in [1.165, 1.54) is 26.2 Å². The van der Waals surface area contributed by atoms with Crippen molar-refractivity contribution in [1.82, 2.24) is 15.1 Å². The Morgan fingerprint density at radius 3 is 2.04 bits per heavy atom. The molecule has 0 aromatic heterocycles. The molecule has 10 heteroatoms. The van der Waals surface area contributed by atoms with Crippen molar-refractivity contribution >= 4 is 5.91 Å². The third kappa shape index (κ3) is 6.45. The summed E-state index contributed by atoms with van der Waals surface area (Å²) in [5.74, 6) is 1.39. The van der Waals surface area contributed by atoms with Crippen LogP contribution < -0.4 is 19.5 Å². The van der Waals surface area contributed by atoms with Gasteiger partial charge in [0.1, 0.15) is 5.75 Å². The van der Waals surface area contributed by atoms with Crippen molar-refractivity contribution in [1.29, 1.82) is 0 Å². The first kappa shape index (κ1) is 22.1. The van der Waals surface area contributed by atoms with Gasteiger partial charge >= 0.3 is 6.18 Å². The summed E-state index contributed by atoms with van der Waals surface area (Å²) in [5.41, 5.74) is 0.725. The Bertz CT molecular complexity index is 662. The fourth-order valence-corrected chi connectivity index (χ4v) is 3.04. The Morgan fingerprint density at radius 2 is 1.50 bits per heavy atom. The monoisotopic (exact) mass is 405 g/mol. The third-order valence-corrected chi connectivity index (χ3v) is 4.50. The van der Waals surface area contributed by atoms with Crippen LogP contribution in [0.1, 0.15) is 5.56 Å². The molecule has 1 N–H and O–H groups in total. The molecule has 0 spiro atoms. The van der Waals surface area contributed by atoms with Crippen molar-refractivity contribution in [2.45, 2.75) is 12.7 Å². The molecule has 28 heavy (non-hydrogen) atoms. The van der Waals surface area contributed by atoms with E-state index in [0.717, 1.165) is 5.56 Å². The van der Waals surface area contributed by atoms with Gasteiger partial charge in [0.15, 0.2) is 11.5 Å². The van der Waals surface area contributed by atoms with Crippen molar-refractivity contribution in [2.75, 3.05) is 60.6 Å². The van der Waals surface area contributed by atoms with Gasteiger partial charge in [-0.05, 0) is 6.07 Å². The van der Waals surface area contributed by atoms with Crippen LogP contribution in [0.3, 0.4) is 0 Å². The Kier molecular flexibility index (Phi) is 7.76. The van der Waals surface area contributed by atoms with Crippen molar-refractivity contribution < 1.29 is 32.2 Å². The van der Waals surface area contributed by atoms with Crippen LogP contribution >= 0.6 is 0 Å². The lowest BCUT2D eigenvalue weighted by Crippen LogP contribution is -2.51. The smallest absolute Gasteiger partial charge is 0.401 e. The van der Waals surface area contributed by atoms with Crippen LogP contribution in [0.4, 0.5) is 13.2 Å². The number of carbonyl (C=O) groups is 1. The van der Waals surface area contributed by atoms with Gasteiger partial charge < -0.3 is 19.5 Å². The summed E-state index contributed by atoms with van der Waals surface area (Å²) < 4.78 is 53.1. The molecule has 1 fully saturated rings. The highest BCUT2D eigenvalue weighted by atomic mass is 19.4. The molecule has 7 nitrogen and oxygen atoms in total. The number of alkyl halides is 3. The number of hydrogen-bond acceptors (Lipinski definition) is 6. The number of halogens is 3. The molecule has 1 aliphatic rings. The number of benzene rings is 1. The van der Waals surface area contributed by atoms with Crippen LogP contribution in [-0.2, 0) is 11.3 Å². The predicted molar refractivity (Wildman–Crippen MR) is 96.9 cm³/mol. The number of hydrogen-bond donors (Lipinski definition) is 1. The fraction of sp³-hybridized carbons (Fsp3) is 0.611. The fourth-order valence-electron chi connectivity index (χ4n) is 3.04. The van der Waals surface area contributed by atoms with Crippen LogP contribution in [0, 0.1) is 0 Å². The van der Waals surface area contributed by atoms with E-state index < -0.39 is 12.7 Å².